The number of rotatable bonds is 5. The van der Waals surface area contributed by atoms with Crippen molar-refractivity contribution in [2.24, 2.45) is 0 Å². The van der Waals surface area contributed by atoms with Gasteiger partial charge >= 0.3 is 0 Å². The van der Waals surface area contributed by atoms with Crippen molar-refractivity contribution in [3.63, 3.8) is 0 Å². The fraction of sp³-hybridized carbons (Fsp3) is 0.227. The highest BCUT2D eigenvalue weighted by molar-refractivity contribution is 6.30. The van der Waals surface area contributed by atoms with E-state index in [-0.39, 0.29) is 30.1 Å². The Morgan fingerprint density at radius 3 is 2.67 bits per heavy atom. The molecule has 6 nitrogen and oxygen atoms in total. The Morgan fingerprint density at radius 1 is 1.17 bits per heavy atom. The quantitative estimate of drug-likeness (QED) is 0.428. The van der Waals surface area contributed by atoms with Gasteiger partial charge in [0.05, 0.1) is 6.54 Å². The van der Waals surface area contributed by atoms with Gasteiger partial charge in [0.2, 0.25) is 11.8 Å². The summed E-state index contributed by atoms with van der Waals surface area (Å²) in [6.45, 7) is 1.93. The Kier molecular flexibility index (Phi) is 4.55. The molecule has 0 bridgehead atoms. The summed E-state index contributed by atoms with van der Waals surface area (Å²) in [5, 5.41) is 9.38. The number of halogens is 2. The first-order valence-corrected chi connectivity index (χ1v) is 9.95. The monoisotopic (exact) mass is 425 g/mol. The van der Waals surface area contributed by atoms with Gasteiger partial charge in [-0.2, -0.15) is 0 Å². The highest BCUT2D eigenvalue weighted by Crippen LogP contribution is 2.33. The SMILES string of the molecule is Cc1c(C(=O)N(Cc2nnc(-c3ccc(Cl)cc3)o2)C2CC2)oc2ccc(F)cc12. The van der Waals surface area contributed by atoms with Crippen molar-refractivity contribution in [3.05, 3.63) is 70.5 Å². The Morgan fingerprint density at radius 2 is 1.93 bits per heavy atom. The largest absolute Gasteiger partial charge is 0.451 e. The van der Waals surface area contributed by atoms with Crippen molar-refractivity contribution in [1.82, 2.24) is 15.1 Å². The van der Waals surface area contributed by atoms with E-state index in [1.165, 1.54) is 18.2 Å². The van der Waals surface area contributed by atoms with Crippen molar-refractivity contribution in [3.8, 4) is 11.5 Å². The van der Waals surface area contributed by atoms with Crippen LogP contribution in [0.25, 0.3) is 22.4 Å². The number of hydrogen-bond donors (Lipinski definition) is 0. The van der Waals surface area contributed by atoms with Crippen LogP contribution in [0.3, 0.4) is 0 Å². The predicted octanol–water partition coefficient (Wildman–Crippen LogP) is 5.39. The van der Waals surface area contributed by atoms with Gasteiger partial charge in [0.1, 0.15) is 11.4 Å². The van der Waals surface area contributed by atoms with E-state index in [0.29, 0.717) is 33.3 Å². The minimum absolute atomic E-state index is 0.0905. The molecular formula is C22H17ClFN3O3. The summed E-state index contributed by atoms with van der Waals surface area (Å²) in [6.07, 6.45) is 1.80. The first-order chi connectivity index (χ1) is 14.5. The number of amides is 1. The van der Waals surface area contributed by atoms with Crippen molar-refractivity contribution in [2.75, 3.05) is 0 Å². The lowest BCUT2D eigenvalue weighted by atomic mass is 10.1. The van der Waals surface area contributed by atoms with E-state index in [1.807, 2.05) is 0 Å². The maximum absolute atomic E-state index is 13.6. The highest BCUT2D eigenvalue weighted by atomic mass is 35.5. The fourth-order valence-corrected chi connectivity index (χ4v) is 3.58. The zero-order valence-corrected chi connectivity index (χ0v) is 16.8. The first-order valence-electron chi connectivity index (χ1n) is 9.57. The second-order valence-electron chi connectivity index (χ2n) is 7.37. The van der Waals surface area contributed by atoms with Gasteiger partial charge in [0.25, 0.3) is 5.91 Å². The number of carbonyl (C=O) groups excluding carboxylic acids is 1. The van der Waals surface area contributed by atoms with Gasteiger partial charge in [-0.1, -0.05) is 11.6 Å². The highest BCUT2D eigenvalue weighted by Gasteiger charge is 2.36. The molecule has 0 radical (unpaired) electrons. The van der Waals surface area contributed by atoms with Gasteiger partial charge in [-0.3, -0.25) is 4.79 Å². The molecule has 0 aliphatic heterocycles. The van der Waals surface area contributed by atoms with Crippen LogP contribution in [0.2, 0.25) is 5.02 Å². The third kappa shape index (κ3) is 3.45. The maximum atomic E-state index is 13.6. The molecule has 0 N–H and O–H groups in total. The molecule has 1 saturated carbocycles. The Labute approximate surface area is 176 Å². The number of nitrogens with zero attached hydrogens (tertiary/aromatic N) is 3. The molecule has 152 valence electrons. The minimum atomic E-state index is -0.370. The van der Waals surface area contributed by atoms with E-state index >= 15 is 0 Å². The number of carbonyl (C=O) groups is 1. The molecule has 5 rings (SSSR count). The molecule has 0 spiro atoms. The third-order valence-electron chi connectivity index (χ3n) is 5.20. The Hall–Kier alpha value is -3.19. The van der Waals surface area contributed by atoms with Gasteiger partial charge < -0.3 is 13.7 Å². The van der Waals surface area contributed by atoms with Crippen LogP contribution in [-0.4, -0.2) is 27.0 Å². The third-order valence-corrected chi connectivity index (χ3v) is 5.46. The summed E-state index contributed by atoms with van der Waals surface area (Å²) in [4.78, 5) is 14.9. The Balaban J connectivity index is 1.42. The maximum Gasteiger partial charge on any atom is 0.290 e. The molecule has 0 atom stereocenters. The summed E-state index contributed by atoms with van der Waals surface area (Å²) in [5.74, 6) is 0.267. The number of benzene rings is 2. The average Bonchev–Trinajstić information content (AvgIpc) is 3.39. The smallest absolute Gasteiger partial charge is 0.290 e. The van der Waals surface area contributed by atoms with Crippen LogP contribution >= 0.6 is 11.6 Å². The number of aromatic nitrogens is 2. The number of fused-ring (bicyclic) bond motifs is 1. The molecule has 8 heteroatoms. The van der Waals surface area contributed by atoms with E-state index in [2.05, 4.69) is 10.2 Å². The molecule has 1 amide bonds. The van der Waals surface area contributed by atoms with E-state index in [4.69, 9.17) is 20.4 Å². The lowest BCUT2D eigenvalue weighted by molar-refractivity contribution is 0.0683. The summed E-state index contributed by atoms with van der Waals surface area (Å²) in [5.41, 5.74) is 1.85. The molecule has 0 saturated heterocycles. The lowest BCUT2D eigenvalue weighted by Crippen LogP contribution is -2.32. The summed E-state index contributed by atoms with van der Waals surface area (Å²) < 4.78 is 25.1. The van der Waals surface area contributed by atoms with Crippen molar-refractivity contribution < 1.29 is 18.0 Å². The summed E-state index contributed by atoms with van der Waals surface area (Å²) >= 11 is 5.92. The zero-order chi connectivity index (χ0) is 20.8. The van der Waals surface area contributed by atoms with Gasteiger partial charge in [0.15, 0.2) is 5.76 Å². The molecule has 30 heavy (non-hydrogen) atoms. The van der Waals surface area contributed by atoms with Gasteiger partial charge in [-0.05, 0) is 62.2 Å². The predicted molar refractivity (Wildman–Crippen MR) is 109 cm³/mol. The molecule has 1 fully saturated rings. The number of furan rings is 1. The van der Waals surface area contributed by atoms with E-state index in [0.717, 1.165) is 18.4 Å². The molecular weight excluding hydrogens is 409 g/mol. The molecule has 0 unspecified atom stereocenters. The van der Waals surface area contributed by atoms with Crippen LogP contribution < -0.4 is 0 Å². The van der Waals surface area contributed by atoms with Gasteiger partial charge in [0, 0.05) is 27.6 Å². The standard InChI is InChI=1S/C22H17ClFN3O3/c1-12-17-10-15(24)6-9-18(17)29-20(12)22(28)27(16-7-8-16)11-19-25-26-21(30-19)13-2-4-14(23)5-3-13/h2-6,9-10,16H,7-8,11H2,1H3. The molecule has 1 aliphatic rings. The molecule has 2 heterocycles. The van der Waals surface area contributed by atoms with Gasteiger partial charge in [-0.15, -0.1) is 10.2 Å². The zero-order valence-electron chi connectivity index (χ0n) is 16.1. The molecule has 2 aromatic carbocycles. The van der Waals surface area contributed by atoms with Crippen LogP contribution in [-0.2, 0) is 6.54 Å². The van der Waals surface area contributed by atoms with Crippen molar-refractivity contribution in [1.29, 1.82) is 0 Å². The van der Waals surface area contributed by atoms with E-state index < -0.39 is 0 Å². The van der Waals surface area contributed by atoms with Crippen molar-refractivity contribution in [2.45, 2.75) is 32.4 Å². The van der Waals surface area contributed by atoms with Crippen molar-refractivity contribution >= 4 is 28.5 Å². The summed E-state index contributed by atoms with van der Waals surface area (Å²) in [6, 6.07) is 11.4. The minimum Gasteiger partial charge on any atom is -0.451 e. The first kappa shape index (κ1) is 18.8. The van der Waals surface area contributed by atoms with Gasteiger partial charge in [-0.25, -0.2) is 4.39 Å². The molecule has 1 aliphatic carbocycles. The van der Waals surface area contributed by atoms with E-state index in [9.17, 15) is 9.18 Å². The summed E-state index contributed by atoms with van der Waals surface area (Å²) in [7, 11) is 0. The normalized spacial score (nSPS) is 13.7. The van der Waals surface area contributed by atoms with Crippen LogP contribution in [0.1, 0.15) is 34.9 Å². The van der Waals surface area contributed by atoms with E-state index in [1.54, 1.807) is 36.1 Å². The van der Waals surface area contributed by atoms with Crippen LogP contribution in [0.5, 0.6) is 0 Å². The van der Waals surface area contributed by atoms with Crippen LogP contribution in [0, 0.1) is 12.7 Å². The number of hydrogen-bond acceptors (Lipinski definition) is 5. The van der Waals surface area contributed by atoms with Crippen LogP contribution in [0.15, 0.2) is 51.3 Å². The fourth-order valence-electron chi connectivity index (χ4n) is 3.45. The Bertz CT molecular complexity index is 1240. The number of aryl methyl sites for hydroxylation is 1. The molecule has 4 aromatic rings. The second-order valence-corrected chi connectivity index (χ2v) is 7.81. The molecule has 2 aromatic heterocycles. The lowest BCUT2D eigenvalue weighted by Gasteiger charge is -2.19. The topological polar surface area (TPSA) is 72.4 Å². The average molecular weight is 426 g/mol. The second kappa shape index (κ2) is 7.25. The van der Waals surface area contributed by atoms with Crippen LogP contribution in [0.4, 0.5) is 4.39 Å².